The molecule has 6 nitrogen and oxygen atoms in total. The summed E-state index contributed by atoms with van der Waals surface area (Å²) in [4.78, 5) is 0.991. The van der Waals surface area contributed by atoms with Crippen molar-refractivity contribution in [1.29, 1.82) is 0 Å². The molecule has 0 aliphatic heterocycles. The molecular weight excluding hydrogens is 318 g/mol. The highest BCUT2D eigenvalue weighted by Crippen LogP contribution is 2.41. The first-order valence-electron chi connectivity index (χ1n) is 7.15. The molecule has 0 amide bonds. The number of hydrogen-bond acceptors (Lipinski definition) is 7. The third-order valence-corrected chi connectivity index (χ3v) is 5.59. The molecule has 3 aromatic heterocycles. The van der Waals surface area contributed by atoms with E-state index in [1.54, 1.807) is 23.1 Å². The van der Waals surface area contributed by atoms with Crippen molar-refractivity contribution in [3.05, 3.63) is 29.2 Å². The van der Waals surface area contributed by atoms with Crippen molar-refractivity contribution < 1.29 is 4.42 Å². The van der Waals surface area contributed by atoms with Crippen LogP contribution in [0.1, 0.15) is 42.6 Å². The first-order chi connectivity index (χ1) is 10.7. The number of nitrogens with zero attached hydrogens (tertiary/aromatic N) is 5. The highest BCUT2D eigenvalue weighted by Gasteiger charge is 2.30. The molecule has 0 saturated heterocycles. The van der Waals surface area contributed by atoms with E-state index in [-0.39, 0.29) is 5.25 Å². The molecule has 0 bridgehead atoms. The summed E-state index contributed by atoms with van der Waals surface area (Å²) < 4.78 is 7.86. The van der Waals surface area contributed by atoms with Gasteiger partial charge < -0.3 is 8.98 Å². The Morgan fingerprint density at radius 1 is 1.32 bits per heavy atom. The van der Waals surface area contributed by atoms with Crippen LogP contribution in [-0.2, 0) is 7.05 Å². The van der Waals surface area contributed by atoms with Gasteiger partial charge in [0.15, 0.2) is 5.16 Å². The summed E-state index contributed by atoms with van der Waals surface area (Å²) in [6, 6.07) is 3.95. The Hall–Kier alpha value is -1.67. The molecule has 1 atom stereocenters. The zero-order valence-corrected chi connectivity index (χ0v) is 13.9. The Morgan fingerprint density at radius 2 is 2.18 bits per heavy atom. The van der Waals surface area contributed by atoms with Gasteiger partial charge in [0.25, 0.3) is 5.89 Å². The quantitative estimate of drug-likeness (QED) is 0.664. The fraction of sp³-hybridized carbons (Fsp3) is 0.429. The molecule has 0 spiro atoms. The minimum Gasteiger partial charge on any atom is -0.419 e. The Bertz CT molecular complexity index is 775. The lowest BCUT2D eigenvalue weighted by atomic mass is 10.4. The van der Waals surface area contributed by atoms with Crippen molar-refractivity contribution in [2.24, 2.45) is 7.05 Å². The first-order valence-corrected chi connectivity index (χ1v) is 8.91. The number of thiophene rings is 1. The maximum absolute atomic E-state index is 5.78. The number of rotatable bonds is 5. The zero-order valence-electron chi connectivity index (χ0n) is 12.3. The minimum absolute atomic E-state index is 0.0381. The molecule has 4 rings (SSSR count). The molecule has 1 fully saturated rings. The van der Waals surface area contributed by atoms with E-state index in [0.717, 1.165) is 15.9 Å². The molecule has 22 heavy (non-hydrogen) atoms. The van der Waals surface area contributed by atoms with Crippen LogP contribution in [0.15, 0.2) is 27.1 Å². The second-order valence-corrected chi connectivity index (χ2v) is 7.61. The molecule has 114 valence electrons. The molecule has 3 heterocycles. The second-order valence-electron chi connectivity index (χ2n) is 5.36. The van der Waals surface area contributed by atoms with Crippen molar-refractivity contribution in [2.75, 3.05) is 0 Å². The highest BCUT2D eigenvalue weighted by atomic mass is 32.2. The molecule has 1 saturated carbocycles. The lowest BCUT2D eigenvalue weighted by Gasteiger charge is -2.06. The molecular formula is C14H15N5OS2. The van der Waals surface area contributed by atoms with Gasteiger partial charge in [-0.05, 0) is 31.2 Å². The third-order valence-electron chi connectivity index (χ3n) is 3.61. The summed E-state index contributed by atoms with van der Waals surface area (Å²) in [5, 5.41) is 19.8. The van der Waals surface area contributed by atoms with Gasteiger partial charge in [0.2, 0.25) is 5.89 Å². The normalized spacial score (nSPS) is 16.1. The largest absolute Gasteiger partial charge is 0.419 e. The average Bonchev–Trinajstić information content (AvgIpc) is 2.96. The summed E-state index contributed by atoms with van der Waals surface area (Å²) in [6.07, 6.45) is 2.44. The molecule has 0 radical (unpaired) electrons. The lowest BCUT2D eigenvalue weighted by Crippen LogP contribution is -1.98. The van der Waals surface area contributed by atoms with Crippen molar-refractivity contribution in [1.82, 2.24) is 25.0 Å². The molecule has 0 N–H and O–H groups in total. The topological polar surface area (TPSA) is 69.6 Å². The van der Waals surface area contributed by atoms with Gasteiger partial charge in [0.05, 0.1) is 10.1 Å². The van der Waals surface area contributed by atoms with E-state index in [9.17, 15) is 0 Å². The fourth-order valence-electron chi connectivity index (χ4n) is 2.23. The second kappa shape index (κ2) is 5.51. The molecule has 1 aliphatic carbocycles. The SMILES string of the molecule is C[C@@H](Sc1nnc(C2CC2)n1C)c1nnc(-c2cccs2)o1. The molecule has 3 aromatic rings. The van der Waals surface area contributed by atoms with Gasteiger partial charge in [-0.25, -0.2) is 0 Å². The number of hydrogen-bond donors (Lipinski definition) is 0. The average molecular weight is 333 g/mol. The van der Waals surface area contributed by atoms with Crippen LogP contribution in [0.2, 0.25) is 0 Å². The Labute approximate surface area is 136 Å². The maximum atomic E-state index is 5.78. The third kappa shape index (κ3) is 2.56. The Morgan fingerprint density at radius 3 is 2.91 bits per heavy atom. The van der Waals surface area contributed by atoms with Gasteiger partial charge in [-0.2, -0.15) is 0 Å². The van der Waals surface area contributed by atoms with Crippen LogP contribution in [0.5, 0.6) is 0 Å². The minimum atomic E-state index is 0.0381. The molecule has 1 aliphatic rings. The molecule has 8 heteroatoms. The number of aromatic nitrogens is 5. The summed E-state index contributed by atoms with van der Waals surface area (Å²) in [7, 11) is 2.02. The van der Waals surface area contributed by atoms with Crippen LogP contribution in [-0.4, -0.2) is 25.0 Å². The molecule has 0 unspecified atom stereocenters. The number of thioether (sulfide) groups is 1. The van der Waals surface area contributed by atoms with Crippen LogP contribution >= 0.6 is 23.1 Å². The predicted octanol–water partition coefficient (Wildman–Crippen LogP) is 3.66. The summed E-state index contributed by atoms with van der Waals surface area (Å²) in [5.41, 5.74) is 0. The van der Waals surface area contributed by atoms with Gasteiger partial charge in [-0.3, -0.25) is 0 Å². The first kappa shape index (κ1) is 14.0. The molecule has 0 aromatic carbocycles. The van der Waals surface area contributed by atoms with Gasteiger partial charge in [0, 0.05) is 13.0 Å². The highest BCUT2D eigenvalue weighted by molar-refractivity contribution is 7.99. The van der Waals surface area contributed by atoms with E-state index in [2.05, 4.69) is 25.0 Å². The van der Waals surface area contributed by atoms with Gasteiger partial charge in [-0.15, -0.1) is 31.7 Å². The monoisotopic (exact) mass is 333 g/mol. The maximum Gasteiger partial charge on any atom is 0.257 e. The van der Waals surface area contributed by atoms with Crippen molar-refractivity contribution in [2.45, 2.75) is 36.1 Å². The van der Waals surface area contributed by atoms with Crippen molar-refractivity contribution in [3.63, 3.8) is 0 Å². The predicted molar refractivity (Wildman–Crippen MR) is 84.9 cm³/mol. The van der Waals surface area contributed by atoms with Crippen molar-refractivity contribution >= 4 is 23.1 Å². The van der Waals surface area contributed by atoms with Crippen LogP contribution < -0.4 is 0 Å². The van der Waals surface area contributed by atoms with Crippen LogP contribution in [0.4, 0.5) is 0 Å². The van der Waals surface area contributed by atoms with Crippen molar-refractivity contribution in [3.8, 4) is 10.8 Å². The summed E-state index contributed by atoms with van der Waals surface area (Å²) >= 11 is 3.19. The summed E-state index contributed by atoms with van der Waals surface area (Å²) in [5.74, 6) is 2.87. The Kier molecular flexibility index (Phi) is 3.50. The van der Waals surface area contributed by atoms with Crippen LogP contribution in [0.3, 0.4) is 0 Å². The van der Waals surface area contributed by atoms with E-state index in [1.165, 1.54) is 12.8 Å². The van der Waals surface area contributed by atoms with Crippen LogP contribution in [0.25, 0.3) is 10.8 Å². The van der Waals surface area contributed by atoms with Gasteiger partial charge in [0.1, 0.15) is 5.82 Å². The van der Waals surface area contributed by atoms with E-state index >= 15 is 0 Å². The van der Waals surface area contributed by atoms with E-state index in [0.29, 0.717) is 17.7 Å². The standard InChI is InChI=1S/C14H15N5OS2/c1-8(12-16-17-13(20-12)10-4-3-7-21-10)22-14-18-15-11(19(14)2)9-5-6-9/h3-4,7-9H,5-6H2,1-2H3/t8-/m1/s1. The zero-order chi connectivity index (χ0) is 15.1. The van der Waals surface area contributed by atoms with Gasteiger partial charge >= 0.3 is 0 Å². The van der Waals surface area contributed by atoms with E-state index < -0.39 is 0 Å². The van der Waals surface area contributed by atoms with Gasteiger partial charge in [-0.1, -0.05) is 17.8 Å². The van der Waals surface area contributed by atoms with E-state index in [4.69, 9.17) is 4.42 Å². The lowest BCUT2D eigenvalue weighted by molar-refractivity contribution is 0.509. The Balaban J connectivity index is 1.51. The fourth-order valence-corrected chi connectivity index (χ4v) is 3.73. The smallest absolute Gasteiger partial charge is 0.257 e. The van der Waals surface area contributed by atoms with E-state index in [1.807, 2.05) is 31.5 Å². The van der Waals surface area contributed by atoms with Crippen LogP contribution in [0, 0.1) is 0 Å². The summed E-state index contributed by atoms with van der Waals surface area (Å²) in [6.45, 7) is 2.04.